The van der Waals surface area contributed by atoms with E-state index in [9.17, 15) is 0 Å². The molecule has 0 aromatic heterocycles. The van der Waals surface area contributed by atoms with Gasteiger partial charge in [-0.25, -0.2) is 0 Å². The summed E-state index contributed by atoms with van der Waals surface area (Å²) >= 11 is 0. The fourth-order valence-electron chi connectivity index (χ4n) is 1.50. The molecule has 0 radical (unpaired) electrons. The highest BCUT2D eigenvalue weighted by Crippen LogP contribution is 2.08. The van der Waals surface area contributed by atoms with Crippen molar-refractivity contribution in [2.75, 3.05) is 20.8 Å². The molecule has 3 nitrogen and oxygen atoms in total. The van der Waals surface area contributed by atoms with E-state index in [1.165, 1.54) is 5.56 Å². The van der Waals surface area contributed by atoms with Crippen molar-refractivity contribution in [3.63, 3.8) is 0 Å². The number of likely N-dealkylation sites (N-methyl/N-ethyl adjacent to an activating group) is 1. The van der Waals surface area contributed by atoms with Crippen molar-refractivity contribution in [2.45, 2.75) is 19.5 Å². The predicted molar refractivity (Wildman–Crippen MR) is 64.0 cm³/mol. The van der Waals surface area contributed by atoms with Gasteiger partial charge in [-0.2, -0.15) is 5.26 Å². The Balaban J connectivity index is 2.56. The number of ether oxygens (including phenoxy) is 1. The summed E-state index contributed by atoms with van der Waals surface area (Å²) in [6, 6.07) is 10.2. The molecule has 1 aromatic carbocycles. The van der Waals surface area contributed by atoms with E-state index in [1.807, 2.05) is 24.3 Å². The van der Waals surface area contributed by atoms with Crippen LogP contribution in [0.15, 0.2) is 24.3 Å². The van der Waals surface area contributed by atoms with Gasteiger partial charge >= 0.3 is 0 Å². The Labute approximate surface area is 97.3 Å². The molecule has 1 unspecified atom stereocenters. The van der Waals surface area contributed by atoms with E-state index in [2.05, 4.69) is 24.9 Å². The molecule has 0 aliphatic heterocycles. The first kappa shape index (κ1) is 12.7. The average Bonchev–Trinajstić information content (AvgIpc) is 2.30. The highest BCUT2D eigenvalue weighted by Gasteiger charge is 2.08. The van der Waals surface area contributed by atoms with Gasteiger partial charge in [-0.1, -0.05) is 12.1 Å². The molecule has 0 fully saturated rings. The van der Waals surface area contributed by atoms with Gasteiger partial charge in [0.1, 0.15) is 0 Å². The van der Waals surface area contributed by atoms with Crippen LogP contribution in [0.3, 0.4) is 0 Å². The van der Waals surface area contributed by atoms with Crippen molar-refractivity contribution >= 4 is 0 Å². The molecule has 1 aromatic rings. The molecule has 0 heterocycles. The van der Waals surface area contributed by atoms with Crippen LogP contribution < -0.4 is 0 Å². The molecule has 0 N–H and O–H groups in total. The minimum Gasteiger partial charge on any atom is -0.383 e. The second-order valence-electron chi connectivity index (χ2n) is 4.03. The molecule has 0 amide bonds. The van der Waals surface area contributed by atoms with Crippen molar-refractivity contribution in [3.8, 4) is 6.07 Å². The third kappa shape index (κ3) is 3.65. The summed E-state index contributed by atoms with van der Waals surface area (Å²) in [5.41, 5.74) is 1.92. The number of nitriles is 1. The van der Waals surface area contributed by atoms with Crippen LogP contribution >= 0.6 is 0 Å². The highest BCUT2D eigenvalue weighted by atomic mass is 16.5. The summed E-state index contributed by atoms with van der Waals surface area (Å²) in [5.74, 6) is 0. The molecular formula is C13H18N2O. The first-order chi connectivity index (χ1) is 7.67. The van der Waals surface area contributed by atoms with Crippen molar-refractivity contribution < 1.29 is 4.74 Å². The number of nitrogens with zero attached hydrogens (tertiary/aromatic N) is 2. The molecule has 0 aliphatic carbocycles. The Hall–Kier alpha value is -1.37. The van der Waals surface area contributed by atoms with Crippen molar-refractivity contribution in [2.24, 2.45) is 0 Å². The molecule has 0 spiro atoms. The lowest BCUT2D eigenvalue weighted by atomic mass is 10.1. The summed E-state index contributed by atoms with van der Waals surface area (Å²) in [7, 11) is 3.79. The molecule has 0 bridgehead atoms. The maximum Gasteiger partial charge on any atom is 0.0991 e. The fourth-order valence-corrected chi connectivity index (χ4v) is 1.50. The van der Waals surface area contributed by atoms with Gasteiger partial charge in [0.05, 0.1) is 18.2 Å². The van der Waals surface area contributed by atoms with Gasteiger partial charge in [0.25, 0.3) is 0 Å². The molecule has 1 rings (SSSR count). The monoisotopic (exact) mass is 218 g/mol. The highest BCUT2D eigenvalue weighted by molar-refractivity contribution is 5.31. The Bertz CT molecular complexity index is 353. The maximum atomic E-state index is 8.69. The minimum absolute atomic E-state index is 0.389. The number of benzene rings is 1. The lowest BCUT2D eigenvalue weighted by Crippen LogP contribution is -2.32. The van der Waals surface area contributed by atoms with E-state index in [0.717, 1.165) is 13.2 Å². The molecular weight excluding hydrogens is 200 g/mol. The van der Waals surface area contributed by atoms with Gasteiger partial charge < -0.3 is 4.74 Å². The lowest BCUT2D eigenvalue weighted by Gasteiger charge is -2.23. The summed E-state index contributed by atoms with van der Waals surface area (Å²) < 4.78 is 5.11. The third-order valence-corrected chi connectivity index (χ3v) is 2.68. The van der Waals surface area contributed by atoms with E-state index in [1.54, 1.807) is 7.11 Å². The normalized spacial score (nSPS) is 12.4. The molecule has 0 aliphatic rings. The van der Waals surface area contributed by atoms with Crippen molar-refractivity contribution in [3.05, 3.63) is 35.4 Å². The predicted octanol–water partition coefficient (Wildman–Crippen LogP) is 2.02. The standard InChI is InChI=1S/C13H18N2O/c1-11(10-16-3)15(2)9-13-6-4-12(8-14)5-7-13/h4-7,11H,9-10H2,1-3H3. The van der Waals surface area contributed by atoms with Crippen LogP contribution in [0.5, 0.6) is 0 Å². The first-order valence-corrected chi connectivity index (χ1v) is 5.35. The van der Waals surface area contributed by atoms with Crippen LogP contribution in [-0.2, 0) is 11.3 Å². The second kappa shape index (κ2) is 6.26. The second-order valence-corrected chi connectivity index (χ2v) is 4.03. The quantitative estimate of drug-likeness (QED) is 0.758. The zero-order chi connectivity index (χ0) is 12.0. The summed E-state index contributed by atoms with van der Waals surface area (Å²) in [5, 5.41) is 8.69. The van der Waals surface area contributed by atoms with Crippen LogP contribution in [0.2, 0.25) is 0 Å². The van der Waals surface area contributed by atoms with Gasteiger partial charge in [0.15, 0.2) is 0 Å². The van der Waals surface area contributed by atoms with E-state index < -0.39 is 0 Å². The molecule has 86 valence electrons. The van der Waals surface area contributed by atoms with Gasteiger partial charge in [0, 0.05) is 19.7 Å². The van der Waals surface area contributed by atoms with Crippen LogP contribution in [0.4, 0.5) is 0 Å². The SMILES string of the molecule is COCC(C)N(C)Cc1ccc(C#N)cc1. The van der Waals surface area contributed by atoms with E-state index in [0.29, 0.717) is 11.6 Å². The smallest absolute Gasteiger partial charge is 0.0991 e. The van der Waals surface area contributed by atoms with E-state index in [4.69, 9.17) is 10.00 Å². The average molecular weight is 218 g/mol. The molecule has 16 heavy (non-hydrogen) atoms. The Morgan fingerprint density at radius 1 is 1.38 bits per heavy atom. The molecule has 0 saturated heterocycles. The van der Waals surface area contributed by atoms with Crippen LogP contribution in [0.25, 0.3) is 0 Å². The Kier molecular flexibility index (Phi) is 4.97. The molecule has 3 heteroatoms. The molecule has 0 saturated carbocycles. The zero-order valence-electron chi connectivity index (χ0n) is 10.1. The summed E-state index contributed by atoms with van der Waals surface area (Å²) in [4.78, 5) is 2.23. The Morgan fingerprint density at radius 3 is 2.50 bits per heavy atom. The minimum atomic E-state index is 0.389. The van der Waals surface area contributed by atoms with Crippen molar-refractivity contribution in [1.29, 1.82) is 5.26 Å². The third-order valence-electron chi connectivity index (χ3n) is 2.68. The Morgan fingerprint density at radius 2 is 2.00 bits per heavy atom. The first-order valence-electron chi connectivity index (χ1n) is 5.35. The van der Waals surface area contributed by atoms with Gasteiger partial charge in [0.2, 0.25) is 0 Å². The van der Waals surface area contributed by atoms with Crippen LogP contribution in [-0.4, -0.2) is 31.7 Å². The summed E-state index contributed by atoms with van der Waals surface area (Å²) in [6.07, 6.45) is 0. The topological polar surface area (TPSA) is 36.3 Å². The van der Waals surface area contributed by atoms with Crippen molar-refractivity contribution in [1.82, 2.24) is 4.90 Å². The maximum absolute atomic E-state index is 8.69. The van der Waals surface area contributed by atoms with E-state index >= 15 is 0 Å². The largest absolute Gasteiger partial charge is 0.383 e. The van der Waals surface area contributed by atoms with Gasteiger partial charge in [-0.3, -0.25) is 4.90 Å². The van der Waals surface area contributed by atoms with E-state index in [-0.39, 0.29) is 0 Å². The van der Waals surface area contributed by atoms with Crippen LogP contribution in [0, 0.1) is 11.3 Å². The number of rotatable bonds is 5. The summed E-state index contributed by atoms with van der Waals surface area (Å²) in [6.45, 7) is 3.73. The molecule has 1 atom stereocenters. The van der Waals surface area contributed by atoms with Gasteiger partial charge in [-0.15, -0.1) is 0 Å². The fraction of sp³-hybridized carbons (Fsp3) is 0.462. The number of hydrogen-bond donors (Lipinski definition) is 0. The number of hydrogen-bond acceptors (Lipinski definition) is 3. The van der Waals surface area contributed by atoms with Gasteiger partial charge in [-0.05, 0) is 31.7 Å². The lowest BCUT2D eigenvalue weighted by molar-refractivity contribution is 0.112. The zero-order valence-corrected chi connectivity index (χ0v) is 10.1. The van der Waals surface area contributed by atoms with Crippen LogP contribution in [0.1, 0.15) is 18.1 Å². The number of methoxy groups -OCH3 is 1.